The molecule has 1 atom stereocenters. The number of H-pyrrole nitrogens is 1. The lowest BCUT2D eigenvalue weighted by Crippen LogP contribution is -2.36. The molecule has 0 spiro atoms. The number of nitrogens with one attached hydrogen (secondary N) is 2. The largest absolute Gasteiger partial charge is 0.381 e. The van der Waals surface area contributed by atoms with E-state index in [9.17, 15) is 4.79 Å². The summed E-state index contributed by atoms with van der Waals surface area (Å²) in [5, 5.41) is 7.06. The second-order valence-electron chi connectivity index (χ2n) is 6.13. The number of nitrogens with zero attached hydrogens (tertiary/aromatic N) is 2. The third kappa shape index (κ3) is 3.61. The molecule has 1 aliphatic rings. The van der Waals surface area contributed by atoms with E-state index in [1.807, 2.05) is 13.8 Å². The molecule has 0 bridgehead atoms. The number of hydrogen-bond donors (Lipinski definition) is 2. The van der Waals surface area contributed by atoms with Gasteiger partial charge in [0.1, 0.15) is 11.7 Å². The lowest BCUT2D eigenvalue weighted by Gasteiger charge is -2.28. The number of hydrogen-bond acceptors (Lipinski definition) is 5. The molecule has 1 saturated heterocycles. The van der Waals surface area contributed by atoms with Crippen LogP contribution in [-0.2, 0) is 4.74 Å². The van der Waals surface area contributed by atoms with E-state index in [1.54, 1.807) is 18.3 Å². The summed E-state index contributed by atoms with van der Waals surface area (Å²) in [6.45, 7) is 5.39. The van der Waals surface area contributed by atoms with Crippen LogP contribution in [0.5, 0.6) is 0 Å². The zero-order chi connectivity index (χ0) is 16.2. The SMILES string of the molecule is CC(C)c1noc(C(NC(=O)c2ccc[nH]2)C2CCOCC2)n1. The summed E-state index contributed by atoms with van der Waals surface area (Å²) in [5.74, 6) is 1.37. The van der Waals surface area contributed by atoms with Crippen molar-refractivity contribution in [1.29, 1.82) is 0 Å². The molecule has 2 N–H and O–H groups in total. The highest BCUT2D eigenvalue weighted by Gasteiger charge is 2.32. The second kappa shape index (κ2) is 6.95. The first kappa shape index (κ1) is 15.7. The third-order valence-electron chi connectivity index (χ3n) is 4.11. The van der Waals surface area contributed by atoms with Gasteiger partial charge in [0.05, 0.1) is 0 Å². The maximum atomic E-state index is 12.4. The van der Waals surface area contributed by atoms with Crippen molar-refractivity contribution in [2.75, 3.05) is 13.2 Å². The number of amides is 1. The fourth-order valence-corrected chi connectivity index (χ4v) is 2.73. The summed E-state index contributed by atoms with van der Waals surface area (Å²) < 4.78 is 10.9. The molecule has 1 fully saturated rings. The van der Waals surface area contributed by atoms with Crippen molar-refractivity contribution in [3.05, 3.63) is 35.7 Å². The van der Waals surface area contributed by atoms with Gasteiger partial charge in [-0.15, -0.1) is 0 Å². The summed E-state index contributed by atoms with van der Waals surface area (Å²) in [4.78, 5) is 19.8. The Morgan fingerprint density at radius 2 is 2.17 bits per heavy atom. The van der Waals surface area contributed by atoms with Crippen LogP contribution in [0.3, 0.4) is 0 Å². The number of aromatic amines is 1. The van der Waals surface area contributed by atoms with E-state index in [0.717, 1.165) is 12.8 Å². The molecule has 1 unspecified atom stereocenters. The molecule has 1 amide bonds. The fraction of sp³-hybridized carbons (Fsp3) is 0.562. The number of rotatable bonds is 5. The molecule has 3 heterocycles. The number of ether oxygens (including phenoxy) is 1. The maximum Gasteiger partial charge on any atom is 0.268 e. The maximum absolute atomic E-state index is 12.4. The first-order valence-corrected chi connectivity index (χ1v) is 8.00. The minimum absolute atomic E-state index is 0.171. The van der Waals surface area contributed by atoms with Crippen LogP contribution in [0, 0.1) is 5.92 Å². The molecular formula is C16H22N4O3. The van der Waals surface area contributed by atoms with Crippen molar-refractivity contribution in [1.82, 2.24) is 20.4 Å². The molecule has 0 saturated carbocycles. The Hall–Kier alpha value is -2.15. The quantitative estimate of drug-likeness (QED) is 0.883. The first-order valence-electron chi connectivity index (χ1n) is 8.00. The first-order chi connectivity index (χ1) is 11.1. The summed E-state index contributed by atoms with van der Waals surface area (Å²) in [7, 11) is 0. The van der Waals surface area contributed by atoms with Gasteiger partial charge in [0.25, 0.3) is 5.91 Å². The Bertz CT molecular complexity index is 630. The van der Waals surface area contributed by atoms with Crippen LogP contribution in [0.1, 0.15) is 60.9 Å². The van der Waals surface area contributed by atoms with E-state index in [2.05, 4.69) is 20.4 Å². The van der Waals surface area contributed by atoms with Gasteiger partial charge in [0.2, 0.25) is 5.89 Å². The van der Waals surface area contributed by atoms with Crippen LogP contribution in [-0.4, -0.2) is 34.2 Å². The normalized spacial score (nSPS) is 17.3. The third-order valence-corrected chi connectivity index (χ3v) is 4.11. The predicted molar refractivity (Wildman–Crippen MR) is 82.9 cm³/mol. The molecule has 7 heteroatoms. The van der Waals surface area contributed by atoms with Crippen LogP contribution < -0.4 is 5.32 Å². The van der Waals surface area contributed by atoms with Crippen molar-refractivity contribution >= 4 is 5.91 Å². The van der Waals surface area contributed by atoms with Gasteiger partial charge in [-0.2, -0.15) is 4.98 Å². The minimum atomic E-state index is -0.297. The van der Waals surface area contributed by atoms with Crippen molar-refractivity contribution in [3.8, 4) is 0 Å². The Balaban J connectivity index is 1.81. The van der Waals surface area contributed by atoms with E-state index in [-0.39, 0.29) is 23.8 Å². The second-order valence-corrected chi connectivity index (χ2v) is 6.13. The number of carbonyl (C=O) groups excluding carboxylic acids is 1. The zero-order valence-corrected chi connectivity index (χ0v) is 13.4. The summed E-state index contributed by atoms with van der Waals surface area (Å²) in [6, 6.07) is 3.24. The molecule has 7 nitrogen and oxygen atoms in total. The number of carbonyl (C=O) groups is 1. The Morgan fingerprint density at radius 1 is 1.39 bits per heavy atom. The van der Waals surface area contributed by atoms with E-state index >= 15 is 0 Å². The monoisotopic (exact) mass is 318 g/mol. The van der Waals surface area contributed by atoms with Gasteiger partial charge >= 0.3 is 0 Å². The molecule has 2 aromatic heterocycles. The van der Waals surface area contributed by atoms with Crippen molar-refractivity contribution in [2.24, 2.45) is 5.92 Å². The van der Waals surface area contributed by atoms with Crippen LogP contribution in [0.25, 0.3) is 0 Å². The van der Waals surface area contributed by atoms with Crippen molar-refractivity contribution in [2.45, 2.75) is 38.6 Å². The Kier molecular flexibility index (Phi) is 4.76. The van der Waals surface area contributed by atoms with E-state index < -0.39 is 0 Å². The summed E-state index contributed by atoms with van der Waals surface area (Å²) in [5.41, 5.74) is 0.519. The van der Waals surface area contributed by atoms with Crippen LogP contribution in [0.15, 0.2) is 22.9 Å². The van der Waals surface area contributed by atoms with Gasteiger partial charge in [-0.25, -0.2) is 0 Å². The van der Waals surface area contributed by atoms with Gasteiger partial charge in [-0.1, -0.05) is 19.0 Å². The average Bonchev–Trinajstić information content (AvgIpc) is 3.24. The van der Waals surface area contributed by atoms with Crippen LogP contribution in [0.2, 0.25) is 0 Å². The molecule has 0 radical (unpaired) electrons. The van der Waals surface area contributed by atoms with Gasteiger partial charge in [-0.3, -0.25) is 4.79 Å². The lowest BCUT2D eigenvalue weighted by atomic mass is 9.91. The molecule has 23 heavy (non-hydrogen) atoms. The van der Waals surface area contributed by atoms with Gasteiger partial charge in [0.15, 0.2) is 5.82 Å². The van der Waals surface area contributed by atoms with Crippen LogP contribution >= 0.6 is 0 Å². The fourth-order valence-electron chi connectivity index (χ4n) is 2.73. The highest BCUT2D eigenvalue weighted by Crippen LogP contribution is 2.30. The topological polar surface area (TPSA) is 93.0 Å². The smallest absolute Gasteiger partial charge is 0.268 e. The molecular weight excluding hydrogens is 296 g/mol. The summed E-state index contributed by atoms with van der Waals surface area (Å²) >= 11 is 0. The standard InChI is InChI=1S/C16H22N4O3/c1-10(2)14-19-16(23-20-14)13(11-5-8-22-9-6-11)18-15(21)12-4-3-7-17-12/h3-4,7,10-11,13,17H,5-6,8-9H2,1-2H3,(H,18,21). The van der Waals surface area contributed by atoms with Crippen LogP contribution in [0.4, 0.5) is 0 Å². The summed E-state index contributed by atoms with van der Waals surface area (Å²) in [6.07, 6.45) is 3.44. The molecule has 3 rings (SSSR count). The van der Waals surface area contributed by atoms with E-state index in [0.29, 0.717) is 30.6 Å². The molecule has 0 aromatic carbocycles. The Morgan fingerprint density at radius 3 is 2.78 bits per heavy atom. The number of aromatic nitrogens is 3. The highest BCUT2D eigenvalue weighted by atomic mass is 16.5. The lowest BCUT2D eigenvalue weighted by molar-refractivity contribution is 0.0467. The van der Waals surface area contributed by atoms with E-state index in [4.69, 9.17) is 9.26 Å². The van der Waals surface area contributed by atoms with Crippen molar-refractivity contribution in [3.63, 3.8) is 0 Å². The molecule has 2 aromatic rings. The van der Waals surface area contributed by atoms with Crippen molar-refractivity contribution < 1.29 is 14.1 Å². The average molecular weight is 318 g/mol. The predicted octanol–water partition coefficient (Wildman–Crippen LogP) is 2.42. The van der Waals surface area contributed by atoms with Gasteiger partial charge in [-0.05, 0) is 30.9 Å². The Labute approximate surface area is 134 Å². The minimum Gasteiger partial charge on any atom is -0.381 e. The van der Waals surface area contributed by atoms with Gasteiger partial charge in [0, 0.05) is 25.3 Å². The molecule has 0 aliphatic carbocycles. The zero-order valence-electron chi connectivity index (χ0n) is 13.4. The molecule has 124 valence electrons. The van der Waals surface area contributed by atoms with Gasteiger partial charge < -0.3 is 19.6 Å². The molecule has 1 aliphatic heterocycles. The van der Waals surface area contributed by atoms with E-state index in [1.165, 1.54) is 0 Å². The highest BCUT2D eigenvalue weighted by molar-refractivity contribution is 5.92.